The van der Waals surface area contributed by atoms with Crippen LogP contribution in [0.1, 0.15) is 5.69 Å². The zero-order chi connectivity index (χ0) is 17.3. The van der Waals surface area contributed by atoms with Gasteiger partial charge in [-0.1, -0.05) is 17.8 Å². The van der Waals surface area contributed by atoms with Gasteiger partial charge < -0.3 is 13.9 Å². The van der Waals surface area contributed by atoms with Gasteiger partial charge in [-0.15, -0.1) is 32.9 Å². The highest BCUT2D eigenvalue weighted by Crippen LogP contribution is 2.36. The van der Waals surface area contributed by atoms with E-state index in [4.69, 9.17) is 13.9 Å². The predicted octanol–water partition coefficient (Wildman–Crippen LogP) is 4.94. The fraction of sp³-hybridized carbons (Fsp3) is 0.118. The van der Waals surface area contributed by atoms with Crippen molar-refractivity contribution in [1.82, 2.24) is 15.2 Å². The highest BCUT2D eigenvalue weighted by atomic mass is 32.2. The molecule has 0 saturated carbocycles. The zero-order valence-corrected chi connectivity index (χ0v) is 15.7. The molecule has 5 rings (SSSR count). The van der Waals surface area contributed by atoms with Crippen molar-refractivity contribution in [3.63, 3.8) is 0 Å². The molecule has 0 fully saturated rings. The summed E-state index contributed by atoms with van der Waals surface area (Å²) in [6, 6.07) is 9.68. The first-order valence-electron chi connectivity index (χ1n) is 7.70. The van der Waals surface area contributed by atoms with Crippen LogP contribution in [0.2, 0.25) is 0 Å². The molecule has 6 nitrogen and oxygen atoms in total. The van der Waals surface area contributed by atoms with Gasteiger partial charge >= 0.3 is 0 Å². The Hall–Kier alpha value is -2.36. The molecule has 3 aromatic heterocycles. The summed E-state index contributed by atoms with van der Waals surface area (Å²) < 4.78 is 16.4. The Kier molecular flexibility index (Phi) is 4.12. The predicted molar refractivity (Wildman–Crippen MR) is 101 cm³/mol. The number of hydrogen-bond donors (Lipinski definition) is 0. The van der Waals surface area contributed by atoms with E-state index in [2.05, 4.69) is 32.0 Å². The highest BCUT2D eigenvalue weighted by molar-refractivity contribution is 7.98. The van der Waals surface area contributed by atoms with Crippen LogP contribution in [-0.2, 0) is 5.75 Å². The summed E-state index contributed by atoms with van der Waals surface area (Å²) in [6.07, 6.45) is 0. The lowest BCUT2D eigenvalue weighted by Crippen LogP contribution is -1.92. The maximum atomic E-state index is 5.75. The SMILES string of the molecule is c1csc(-c2nc(CSc3nnc(-c4ccc5c(c4)OCO5)o3)cs2)c1. The van der Waals surface area contributed by atoms with E-state index in [0.29, 0.717) is 22.6 Å². The first-order valence-corrected chi connectivity index (χ1v) is 10.4. The quantitative estimate of drug-likeness (QED) is 0.439. The number of thiophene rings is 1. The number of aromatic nitrogens is 3. The van der Waals surface area contributed by atoms with Crippen LogP contribution in [0.4, 0.5) is 0 Å². The topological polar surface area (TPSA) is 70.3 Å². The maximum Gasteiger partial charge on any atom is 0.277 e. The van der Waals surface area contributed by atoms with Crippen LogP contribution in [0.3, 0.4) is 0 Å². The molecule has 0 atom stereocenters. The second-order valence-corrected chi connectivity index (χ2v) is 8.08. The third-order valence-electron chi connectivity index (χ3n) is 3.65. The van der Waals surface area contributed by atoms with Crippen LogP contribution < -0.4 is 9.47 Å². The Morgan fingerprint density at radius 1 is 1.08 bits per heavy atom. The first-order chi connectivity index (χ1) is 12.8. The summed E-state index contributed by atoms with van der Waals surface area (Å²) in [5.74, 6) is 2.57. The second kappa shape index (κ2) is 6.75. The highest BCUT2D eigenvalue weighted by Gasteiger charge is 2.17. The van der Waals surface area contributed by atoms with Crippen molar-refractivity contribution in [3.8, 4) is 32.8 Å². The molecule has 26 heavy (non-hydrogen) atoms. The molecule has 0 unspecified atom stereocenters. The molecule has 0 saturated heterocycles. The molecule has 0 aliphatic carbocycles. The lowest BCUT2D eigenvalue weighted by molar-refractivity contribution is 0.174. The van der Waals surface area contributed by atoms with Crippen molar-refractivity contribution in [2.75, 3.05) is 6.79 Å². The lowest BCUT2D eigenvalue weighted by Gasteiger charge is -1.98. The summed E-state index contributed by atoms with van der Waals surface area (Å²) in [5.41, 5.74) is 1.81. The van der Waals surface area contributed by atoms with E-state index in [-0.39, 0.29) is 6.79 Å². The summed E-state index contributed by atoms with van der Waals surface area (Å²) in [4.78, 5) is 5.85. The number of benzene rings is 1. The van der Waals surface area contributed by atoms with Crippen molar-refractivity contribution in [3.05, 3.63) is 46.8 Å². The van der Waals surface area contributed by atoms with Gasteiger partial charge in [-0.25, -0.2) is 4.98 Å². The lowest BCUT2D eigenvalue weighted by atomic mass is 10.2. The fourth-order valence-electron chi connectivity index (χ4n) is 2.44. The summed E-state index contributed by atoms with van der Waals surface area (Å²) in [7, 11) is 0. The van der Waals surface area contributed by atoms with Crippen LogP contribution in [0.15, 0.2) is 50.7 Å². The molecule has 1 aromatic carbocycles. The number of fused-ring (bicyclic) bond motifs is 1. The van der Waals surface area contributed by atoms with Gasteiger partial charge in [0.15, 0.2) is 11.5 Å². The molecule has 1 aliphatic rings. The van der Waals surface area contributed by atoms with E-state index in [1.54, 1.807) is 22.7 Å². The standard InChI is InChI=1S/C17H11N3O3S3/c1-2-14(24-5-1)16-18-11(7-25-16)8-26-17-20-19-15(23-17)10-3-4-12-13(6-10)22-9-21-12/h1-7H,8-9H2. The minimum atomic E-state index is 0.241. The Morgan fingerprint density at radius 2 is 2.04 bits per heavy atom. The van der Waals surface area contributed by atoms with Crippen LogP contribution in [0, 0.1) is 0 Å². The Bertz CT molecular complexity index is 1040. The first kappa shape index (κ1) is 15.9. The van der Waals surface area contributed by atoms with Gasteiger partial charge in [0.1, 0.15) is 5.01 Å². The van der Waals surface area contributed by atoms with E-state index in [9.17, 15) is 0 Å². The van der Waals surface area contributed by atoms with Crippen molar-refractivity contribution < 1.29 is 13.9 Å². The number of ether oxygens (including phenoxy) is 2. The Balaban J connectivity index is 1.27. The normalized spacial score (nSPS) is 12.6. The number of nitrogens with zero attached hydrogens (tertiary/aromatic N) is 3. The van der Waals surface area contributed by atoms with Gasteiger partial charge in [-0.05, 0) is 29.6 Å². The van der Waals surface area contributed by atoms with E-state index >= 15 is 0 Å². The van der Waals surface area contributed by atoms with Crippen LogP contribution in [0.25, 0.3) is 21.3 Å². The zero-order valence-electron chi connectivity index (χ0n) is 13.2. The van der Waals surface area contributed by atoms with Gasteiger partial charge in [-0.2, -0.15) is 0 Å². The molecule has 0 radical (unpaired) electrons. The minimum Gasteiger partial charge on any atom is -0.454 e. The van der Waals surface area contributed by atoms with Crippen molar-refractivity contribution in [1.29, 1.82) is 0 Å². The van der Waals surface area contributed by atoms with Gasteiger partial charge in [0.2, 0.25) is 12.7 Å². The third-order valence-corrected chi connectivity index (χ3v) is 6.44. The van der Waals surface area contributed by atoms with Crippen LogP contribution in [0.5, 0.6) is 11.5 Å². The summed E-state index contributed by atoms with van der Waals surface area (Å²) in [5, 5.41) is 13.9. The van der Waals surface area contributed by atoms with Gasteiger partial charge in [-0.3, -0.25) is 0 Å². The van der Waals surface area contributed by atoms with Crippen LogP contribution >= 0.6 is 34.4 Å². The van der Waals surface area contributed by atoms with Gasteiger partial charge in [0.25, 0.3) is 5.22 Å². The Morgan fingerprint density at radius 3 is 2.96 bits per heavy atom. The monoisotopic (exact) mass is 401 g/mol. The molecule has 0 bridgehead atoms. The van der Waals surface area contributed by atoms with Crippen molar-refractivity contribution in [2.45, 2.75) is 11.0 Å². The van der Waals surface area contributed by atoms with Gasteiger partial charge in [0, 0.05) is 16.7 Å². The molecular weight excluding hydrogens is 390 g/mol. The maximum absolute atomic E-state index is 5.75. The van der Waals surface area contributed by atoms with Gasteiger partial charge in [0.05, 0.1) is 10.6 Å². The number of thioether (sulfide) groups is 1. The van der Waals surface area contributed by atoms with Crippen LogP contribution in [-0.4, -0.2) is 22.0 Å². The average molecular weight is 401 g/mol. The number of rotatable bonds is 5. The molecule has 9 heteroatoms. The molecule has 0 spiro atoms. The molecular formula is C17H11N3O3S3. The van der Waals surface area contributed by atoms with E-state index in [1.807, 2.05) is 24.3 Å². The molecule has 0 amide bonds. The molecule has 4 heterocycles. The van der Waals surface area contributed by atoms with E-state index in [0.717, 1.165) is 22.0 Å². The van der Waals surface area contributed by atoms with E-state index in [1.165, 1.54) is 16.6 Å². The number of hydrogen-bond acceptors (Lipinski definition) is 9. The molecule has 0 N–H and O–H groups in total. The second-order valence-electron chi connectivity index (χ2n) is 5.35. The van der Waals surface area contributed by atoms with E-state index < -0.39 is 0 Å². The fourth-order valence-corrected chi connectivity index (χ4v) is 4.83. The molecule has 1 aliphatic heterocycles. The third kappa shape index (κ3) is 3.09. The Labute approximate surface area is 160 Å². The van der Waals surface area contributed by atoms with Crippen molar-refractivity contribution in [2.24, 2.45) is 0 Å². The summed E-state index contributed by atoms with van der Waals surface area (Å²) in [6.45, 7) is 0.241. The minimum absolute atomic E-state index is 0.241. The smallest absolute Gasteiger partial charge is 0.277 e. The largest absolute Gasteiger partial charge is 0.454 e. The number of thiazole rings is 1. The van der Waals surface area contributed by atoms with Crippen molar-refractivity contribution >= 4 is 34.4 Å². The molecule has 4 aromatic rings. The average Bonchev–Trinajstić information content (AvgIpc) is 3.47. The summed E-state index contributed by atoms with van der Waals surface area (Å²) >= 11 is 4.82. The molecule has 130 valence electrons.